The monoisotopic (exact) mass is 301 g/mol. The molecule has 0 aromatic carbocycles. The first-order valence-corrected chi connectivity index (χ1v) is 7.75. The first kappa shape index (κ1) is 14.0. The van der Waals surface area contributed by atoms with Gasteiger partial charge in [0.05, 0.1) is 17.2 Å². The molecular formula is C15H19N5S. The molecule has 110 valence electrons. The second-order valence-corrected chi connectivity index (χ2v) is 7.40. The van der Waals surface area contributed by atoms with Crippen molar-refractivity contribution in [3.8, 4) is 0 Å². The largest absolute Gasteiger partial charge is 0.363 e. The molecule has 0 aliphatic heterocycles. The summed E-state index contributed by atoms with van der Waals surface area (Å²) in [6.07, 6.45) is 5.56. The minimum atomic E-state index is 0.0259. The van der Waals surface area contributed by atoms with Crippen LogP contribution in [0.1, 0.15) is 36.3 Å². The third-order valence-electron chi connectivity index (χ3n) is 3.26. The number of aryl methyl sites for hydroxylation is 1. The molecule has 0 radical (unpaired) electrons. The van der Waals surface area contributed by atoms with E-state index in [0.29, 0.717) is 0 Å². The van der Waals surface area contributed by atoms with Gasteiger partial charge < -0.3 is 5.32 Å². The Kier molecular flexibility index (Phi) is 3.41. The molecule has 0 saturated heterocycles. The van der Waals surface area contributed by atoms with Gasteiger partial charge in [0.1, 0.15) is 5.52 Å². The Labute approximate surface area is 128 Å². The maximum atomic E-state index is 4.63. The van der Waals surface area contributed by atoms with Crippen LogP contribution in [0.3, 0.4) is 0 Å². The Hall–Kier alpha value is -1.95. The van der Waals surface area contributed by atoms with Crippen LogP contribution in [0.15, 0.2) is 24.7 Å². The fourth-order valence-electron chi connectivity index (χ4n) is 2.08. The van der Waals surface area contributed by atoms with Crippen molar-refractivity contribution < 1.29 is 0 Å². The van der Waals surface area contributed by atoms with Crippen molar-refractivity contribution >= 4 is 22.7 Å². The zero-order valence-electron chi connectivity index (χ0n) is 12.7. The summed E-state index contributed by atoms with van der Waals surface area (Å²) in [6, 6.07) is 2.10. The SMILES string of the molecule is Cc1ncc(CNc2nccn3nc(C(C)(C)C)cc23)s1. The van der Waals surface area contributed by atoms with Gasteiger partial charge in [0.15, 0.2) is 5.82 Å². The average Bonchev–Trinajstić information content (AvgIpc) is 3.01. The number of nitrogens with zero attached hydrogens (tertiary/aromatic N) is 4. The summed E-state index contributed by atoms with van der Waals surface area (Å²) in [4.78, 5) is 9.91. The Morgan fingerprint density at radius 2 is 2.10 bits per heavy atom. The summed E-state index contributed by atoms with van der Waals surface area (Å²) in [5, 5.41) is 9.09. The molecule has 1 N–H and O–H groups in total. The van der Waals surface area contributed by atoms with Crippen molar-refractivity contribution in [3.63, 3.8) is 0 Å². The lowest BCUT2D eigenvalue weighted by Crippen LogP contribution is -2.11. The minimum Gasteiger partial charge on any atom is -0.363 e. The van der Waals surface area contributed by atoms with Crippen LogP contribution in [-0.2, 0) is 12.0 Å². The highest BCUT2D eigenvalue weighted by atomic mass is 32.1. The second-order valence-electron chi connectivity index (χ2n) is 6.08. The van der Waals surface area contributed by atoms with Crippen LogP contribution in [0.25, 0.3) is 5.52 Å². The first-order chi connectivity index (χ1) is 9.93. The molecule has 21 heavy (non-hydrogen) atoms. The molecule has 5 nitrogen and oxygen atoms in total. The highest BCUT2D eigenvalue weighted by molar-refractivity contribution is 7.11. The lowest BCUT2D eigenvalue weighted by Gasteiger charge is -2.13. The van der Waals surface area contributed by atoms with Crippen molar-refractivity contribution in [1.29, 1.82) is 0 Å². The van der Waals surface area contributed by atoms with Crippen molar-refractivity contribution in [1.82, 2.24) is 19.6 Å². The maximum absolute atomic E-state index is 4.63. The number of hydrogen-bond donors (Lipinski definition) is 1. The van der Waals surface area contributed by atoms with Crippen molar-refractivity contribution in [2.24, 2.45) is 0 Å². The smallest absolute Gasteiger partial charge is 0.152 e. The highest BCUT2D eigenvalue weighted by Gasteiger charge is 2.19. The molecule has 0 bridgehead atoms. The molecule has 3 aromatic heterocycles. The molecule has 0 unspecified atom stereocenters. The molecule has 0 saturated carbocycles. The van der Waals surface area contributed by atoms with Crippen molar-refractivity contribution in [3.05, 3.63) is 40.2 Å². The fraction of sp³-hybridized carbons (Fsp3) is 0.400. The van der Waals surface area contributed by atoms with Gasteiger partial charge in [-0.3, -0.25) is 0 Å². The highest BCUT2D eigenvalue weighted by Crippen LogP contribution is 2.25. The van der Waals surface area contributed by atoms with Crippen LogP contribution >= 0.6 is 11.3 Å². The van der Waals surface area contributed by atoms with Crippen LogP contribution in [0, 0.1) is 6.92 Å². The second kappa shape index (κ2) is 5.11. The molecule has 6 heteroatoms. The maximum Gasteiger partial charge on any atom is 0.152 e. The van der Waals surface area contributed by atoms with E-state index in [1.807, 2.05) is 23.8 Å². The third kappa shape index (κ3) is 2.90. The quantitative estimate of drug-likeness (QED) is 0.805. The number of hydrogen-bond acceptors (Lipinski definition) is 5. The lowest BCUT2D eigenvalue weighted by molar-refractivity contribution is 0.562. The Bertz CT molecular complexity index is 766. The molecule has 3 aromatic rings. The van der Waals surface area contributed by atoms with Crippen molar-refractivity contribution in [2.45, 2.75) is 39.7 Å². The molecule has 0 aliphatic carbocycles. The van der Waals surface area contributed by atoms with Gasteiger partial charge in [-0.05, 0) is 13.0 Å². The van der Waals surface area contributed by atoms with E-state index in [1.54, 1.807) is 17.5 Å². The summed E-state index contributed by atoms with van der Waals surface area (Å²) in [7, 11) is 0. The van der Waals surface area contributed by atoms with E-state index in [9.17, 15) is 0 Å². The van der Waals surface area contributed by atoms with E-state index in [1.165, 1.54) is 4.88 Å². The predicted molar refractivity (Wildman–Crippen MR) is 85.9 cm³/mol. The van der Waals surface area contributed by atoms with Gasteiger partial charge in [-0.2, -0.15) is 5.10 Å². The van der Waals surface area contributed by atoms with Crippen LogP contribution in [-0.4, -0.2) is 19.6 Å². The summed E-state index contributed by atoms with van der Waals surface area (Å²) < 4.78 is 1.88. The van der Waals surface area contributed by atoms with Crippen molar-refractivity contribution in [2.75, 3.05) is 5.32 Å². The van der Waals surface area contributed by atoms with E-state index >= 15 is 0 Å². The van der Waals surface area contributed by atoms with E-state index in [-0.39, 0.29) is 5.41 Å². The number of nitrogens with one attached hydrogen (secondary N) is 1. The summed E-state index contributed by atoms with van der Waals surface area (Å²) in [6.45, 7) is 9.23. The van der Waals surface area contributed by atoms with Crippen LogP contribution in [0.4, 0.5) is 5.82 Å². The lowest BCUT2D eigenvalue weighted by atomic mass is 9.92. The van der Waals surface area contributed by atoms with Crippen LogP contribution in [0.5, 0.6) is 0 Å². The molecular weight excluding hydrogens is 282 g/mol. The predicted octanol–water partition coefficient (Wildman–Crippen LogP) is 3.40. The molecule has 0 spiro atoms. The summed E-state index contributed by atoms with van der Waals surface area (Å²) in [5.74, 6) is 0.853. The molecule has 0 fully saturated rings. The summed E-state index contributed by atoms with van der Waals surface area (Å²) >= 11 is 1.70. The standard InChI is InChI=1S/C15H19N5S/c1-10-17-8-11(21-10)9-18-14-12-7-13(15(2,3)4)19-20(12)6-5-16-14/h5-8H,9H2,1-4H3,(H,16,18). The topological polar surface area (TPSA) is 55.1 Å². The fourth-order valence-corrected chi connectivity index (χ4v) is 2.82. The minimum absolute atomic E-state index is 0.0259. The van der Waals surface area contributed by atoms with Gasteiger partial charge in [-0.25, -0.2) is 14.5 Å². The van der Waals surface area contributed by atoms with E-state index in [4.69, 9.17) is 0 Å². The van der Waals surface area contributed by atoms with Gasteiger partial charge in [-0.1, -0.05) is 20.8 Å². The molecule has 0 aliphatic rings. The Morgan fingerprint density at radius 3 is 2.76 bits per heavy atom. The van der Waals surface area contributed by atoms with Gasteiger partial charge in [0.25, 0.3) is 0 Å². The number of fused-ring (bicyclic) bond motifs is 1. The van der Waals surface area contributed by atoms with Crippen LogP contribution < -0.4 is 5.32 Å². The average molecular weight is 301 g/mol. The number of aromatic nitrogens is 4. The molecule has 0 atom stereocenters. The normalized spacial score (nSPS) is 12.0. The number of anilines is 1. The molecule has 3 rings (SSSR count). The van der Waals surface area contributed by atoms with Gasteiger partial charge >= 0.3 is 0 Å². The van der Waals surface area contributed by atoms with Gasteiger partial charge in [0.2, 0.25) is 0 Å². The number of thiazole rings is 1. The Morgan fingerprint density at radius 1 is 1.29 bits per heavy atom. The van der Waals surface area contributed by atoms with Crippen LogP contribution in [0.2, 0.25) is 0 Å². The molecule has 3 heterocycles. The zero-order chi connectivity index (χ0) is 15.0. The summed E-state index contributed by atoms with van der Waals surface area (Å²) in [5.41, 5.74) is 2.09. The van der Waals surface area contributed by atoms with E-state index in [2.05, 4.69) is 47.2 Å². The number of rotatable bonds is 3. The zero-order valence-corrected chi connectivity index (χ0v) is 13.5. The van der Waals surface area contributed by atoms with Gasteiger partial charge in [-0.15, -0.1) is 11.3 Å². The van der Waals surface area contributed by atoms with Gasteiger partial charge in [0, 0.05) is 28.9 Å². The van der Waals surface area contributed by atoms with E-state index in [0.717, 1.165) is 28.6 Å². The third-order valence-corrected chi connectivity index (χ3v) is 4.17. The van der Waals surface area contributed by atoms with E-state index < -0.39 is 0 Å². The first-order valence-electron chi connectivity index (χ1n) is 6.93. The Balaban J connectivity index is 1.89. The molecule has 0 amide bonds.